The second-order valence-corrected chi connectivity index (χ2v) is 20.0. The Morgan fingerprint density at radius 2 is 0.579 bits per heavy atom. The van der Waals surface area contributed by atoms with Crippen molar-refractivity contribution in [2.45, 2.75) is 0 Å². The van der Waals surface area contributed by atoms with Crippen molar-refractivity contribution < 1.29 is 9.13 Å². The number of thiophene rings is 1. The first kappa shape index (κ1) is 33.9. The van der Waals surface area contributed by atoms with Crippen molar-refractivity contribution in [2.24, 2.45) is 0 Å². The number of nitrogens with zero attached hydrogens (tertiary/aromatic N) is 4. The smallest absolute Gasteiger partial charge is 0.270 e. The SMILES string of the molecule is O=P1(c2ccc3sc4ccc(P5(=O)N(c6ccccc6)c6ccccc6N5c5ccccc5)cc4c3c2)N(c2ccccc2)c2ccccc2N1c1ccccc1. The molecule has 2 aliphatic rings. The second kappa shape index (κ2) is 13.1. The Hall–Kier alpha value is -6.36. The molecular weight excluding hydrogens is 759 g/mol. The first-order chi connectivity index (χ1) is 28.0. The number of hydrogen-bond acceptors (Lipinski definition) is 3. The molecule has 2 aliphatic heterocycles. The van der Waals surface area contributed by atoms with Gasteiger partial charge in [-0.1, -0.05) is 97.1 Å². The Kier molecular flexibility index (Phi) is 7.81. The summed E-state index contributed by atoms with van der Waals surface area (Å²) in [6.45, 7) is 0. The maximum absolute atomic E-state index is 16.5. The van der Waals surface area contributed by atoms with Gasteiger partial charge in [0.15, 0.2) is 0 Å². The van der Waals surface area contributed by atoms with Gasteiger partial charge in [-0.25, -0.2) is 0 Å². The molecule has 0 spiro atoms. The molecule has 1 aromatic heterocycles. The second-order valence-electron chi connectivity index (χ2n) is 14.1. The third-order valence-electron chi connectivity index (χ3n) is 10.9. The van der Waals surface area contributed by atoms with Crippen LogP contribution in [0.2, 0.25) is 0 Å². The van der Waals surface area contributed by atoms with Crippen molar-refractivity contribution >= 4 is 103 Å². The molecule has 0 bridgehead atoms. The van der Waals surface area contributed by atoms with Crippen LogP contribution in [0.1, 0.15) is 0 Å². The summed E-state index contributed by atoms with van der Waals surface area (Å²) >= 11 is 1.69. The van der Waals surface area contributed by atoms with Gasteiger partial charge in [-0.15, -0.1) is 11.3 Å². The van der Waals surface area contributed by atoms with Crippen LogP contribution in [-0.2, 0) is 9.13 Å². The molecule has 57 heavy (non-hydrogen) atoms. The summed E-state index contributed by atoms with van der Waals surface area (Å²) in [5, 5.41) is 3.37. The molecule has 6 nitrogen and oxygen atoms in total. The minimum absolute atomic E-state index is 0.709. The molecule has 9 heteroatoms. The highest BCUT2D eigenvalue weighted by Crippen LogP contribution is 2.71. The van der Waals surface area contributed by atoms with Crippen molar-refractivity contribution in [1.29, 1.82) is 0 Å². The van der Waals surface area contributed by atoms with Crippen LogP contribution >= 0.6 is 26.2 Å². The summed E-state index contributed by atoms with van der Waals surface area (Å²) in [5.41, 5.74) is 6.94. The van der Waals surface area contributed by atoms with E-state index in [9.17, 15) is 0 Å². The monoisotopic (exact) mass is 792 g/mol. The third-order valence-corrected chi connectivity index (χ3v) is 17.9. The van der Waals surface area contributed by atoms with E-state index in [1.54, 1.807) is 11.3 Å². The summed E-state index contributed by atoms with van der Waals surface area (Å²) in [6.07, 6.45) is 0. The summed E-state index contributed by atoms with van der Waals surface area (Å²) < 4.78 is 43.2. The Balaban J connectivity index is 1.14. The van der Waals surface area contributed by atoms with E-state index in [1.165, 1.54) is 0 Å². The predicted octanol–water partition coefficient (Wildman–Crippen LogP) is 13.7. The molecule has 0 fully saturated rings. The highest BCUT2D eigenvalue weighted by atomic mass is 32.1. The van der Waals surface area contributed by atoms with Gasteiger partial charge in [-0.2, -0.15) is 0 Å². The van der Waals surface area contributed by atoms with Crippen LogP contribution in [0.25, 0.3) is 20.2 Å². The Labute approximate surface area is 335 Å². The van der Waals surface area contributed by atoms with Crippen LogP contribution in [0.3, 0.4) is 0 Å². The van der Waals surface area contributed by atoms with Gasteiger partial charge in [0.2, 0.25) is 0 Å². The van der Waals surface area contributed by atoms with Crippen molar-refractivity contribution in [2.75, 3.05) is 18.7 Å². The quantitative estimate of drug-likeness (QED) is 0.156. The predicted molar refractivity (Wildman–Crippen MR) is 241 cm³/mol. The Bertz CT molecular complexity index is 2720. The fourth-order valence-electron chi connectivity index (χ4n) is 8.44. The lowest BCUT2D eigenvalue weighted by Crippen LogP contribution is -2.26. The molecule has 0 atom stereocenters. The molecule has 0 amide bonds. The van der Waals surface area contributed by atoms with Gasteiger partial charge in [0.05, 0.1) is 33.4 Å². The van der Waals surface area contributed by atoms with Crippen LogP contribution in [-0.4, -0.2) is 0 Å². The van der Waals surface area contributed by atoms with Crippen LogP contribution < -0.4 is 29.3 Å². The molecule has 0 saturated heterocycles. The molecule has 0 saturated carbocycles. The Morgan fingerprint density at radius 3 is 0.860 bits per heavy atom. The van der Waals surface area contributed by atoms with E-state index in [4.69, 9.17) is 0 Å². The maximum Gasteiger partial charge on any atom is 0.301 e. The lowest BCUT2D eigenvalue weighted by molar-refractivity contribution is 0.581. The van der Waals surface area contributed by atoms with E-state index in [-0.39, 0.29) is 0 Å². The lowest BCUT2D eigenvalue weighted by atomic mass is 10.1. The largest absolute Gasteiger partial charge is 0.301 e. The highest BCUT2D eigenvalue weighted by Gasteiger charge is 2.50. The molecule has 0 aliphatic carbocycles. The van der Waals surface area contributed by atoms with Gasteiger partial charge in [0, 0.05) is 42.9 Å². The lowest BCUT2D eigenvalue weighted by Gasteiger charge is -2.33. The molecular formula is C48H34N4O2P2S. The van der Waals surface area contributed by atoms with Crippen molar-refractivity contribution in [1.82, 2.24) is 0 Å². The normalized spacial score (nSPS) is 15.3. The zero-order valence-corrected chi connectivity index (χ0v) is 33.1. The topological polar surface area (TPSA) is 47.1 Å². The fourth-order valence-corrected chi connectivity index (χ4v) is 15.6. The van der Waals surface area contributed by atoms with E-state index >= 15 is 9.13 Å². The average molecular weight is 793 g/mol. The molecule has 0 unspecified atom stereocenters. The van der Waals surface area contributed by atoms with E-state index < -0.39 is 14.9 Å². The van der Waals surface area contributed by atoms with Crippen molar-refractivity contribution in [3.8, 4) is 0 Å². The molecule has 8 aromatic carbocycles. The van der Waals surface area contributed by atoms with Crippen molar-refractivity contribution in [3.63, 3.8) is 0 Å². The van der Waals surface area contributed by atoms with E-state index in [0.29, 0.717) is 10.6 Å². The van der Waals surface area contributed by atoms with Gasteiger partial charge in [-0.3, -0.25) is 27.8 Å². The number of fused-ring (bicyclic) bond motifs is 5. The Morgan fingerprint density at radius 1 is 0.316 bits per heavy atom. The van der Waals surface area contributed by atoms with E-state index in [2.05, 4.69) is 48.5 Å². The van der Waals surface area contributed by atoms with Gasteiger partial charge >= 0.3 is 14.9 Å². The molecule has 9 aromatic rings. The first-order valence-corrected chi connectivity index (χ1v) is 22.9. The van der Waals surface area contributed by atoms with Crippen LogP contribution in [0, 0.1) is 0 Å². The summed E-state index contributed by atoms with van der Waals surface area (Å²) in [4.78, 5) is 0. The van der Waals surface area contributed by atoms with E-state index in [0.717, 1.165) is 65.7 Å². The third kappa shape index (κ3) is 5.03. The minimum Gasteiger partial charge on any atom is -0.270 e. The molecule has 3 heterocycles. The number of rotatable bonds is 6. The number of benzene rings is 8. The van der Waals surface area contributed by atoms with Crippen LogP contribution in [0.15, 0.2) is 206 Å². The highest BCUT2D eigenvalue weighted by molar-refractivity contribution is 7.76. The van der Waals surface area contributed by atoms with Gasteiger partial charge in [-0.05, 0) is 109 Å². The standard InChI is InChI=1S/C48H34N4O2P2S/c53-55(49(35-17-5-1-6-18-35)43-25-13-14-26-44(43)50(55)36-19-7-2-8-20-36)39-29-31-47-41(33-39)42-34-40(30-32-48(42)57-47)56(54)51(37-21-9-3-10-22-37)45-27-15-16-28-46(45)52(56)38-23-11-4-12-24-38/h1-34H. The van der Waals surface area contributed by atoms with Gasteiger partial charge < -0.3 is 0 Å². The minimum atomic E-state index is -3.61. The zero-order chi connectivity index (χ0) is 38.1. The summed E-state index contributed by atoms with van der Waals surface area (Å²) in [6, 6.07) is 68.8. The van der Waals surface area contributed by atoms with Crippen LogP contribution in [0.4, 0.5) is 45.5 Å². The molecule has 274 valence electrons. The van der Waals surface area contributed by atoms with Crippen LogP contribution in [0.5, 0.6) is 0 Å². The number of para-hydroxylation sites is 8. The molecule has 0 radical (unpaired) electrons. The number of anilines is 8. The van der Waals surface area contributed by atoms with Crippen molar-refractivity contribution in [3.05, 3.63) is 206 Å². The first-order valence-electron chi connectivity index (χ1n) is 18.8. The summed E-state index contributed by atoms with van der Waals surface area (Å²) in [5.74, 6) is 0. The molecule has 11 rings (SSSR count). The fraction of sp³-hybridized carbons (Fsp3) is 0. The zero-order valence-electron chi connectivity index (χ0n) is 30.5. The molecule has 0 N–H and O–H groups in total. The van der Waals surface area contributed by atoms with E-state index in [1.807, 2.05) is 176 Å². The maximum atomic E-state index is 16.5. The van der Waals surface area contributed by atoms with Gasteiger partial charge in [0.1, 0.15) is 0 Å². The van der Waals surface area contributed by atoms with Gasteiger partial charge in [0.25, 0.3) is 0 Å². The number of hydrogen-bond donors (Lipinski definition) is 0. The summed E-state index contributed by atoms with van der Waals surface area (Å²) in [7, 11) is -7.22. The average Bonchev–Trinajstić information content (AvgIpc) is 3.87.